The van der Waals surface area contributed by atoms with Crippen LogP contribution in [0.3, 0.4) is 0 Å². The molecule has 0 saturated carbocycles. The molecular formula is C13H14F3N3. The average Bonchev–Trinajstić information content (AvgIpc) is 2.88. The minimum absolute atomic E-state index is 0.299. The van der Waals surface area contributed by atoms with E-state index in [1.165, 1.54) is 0 Å². The molecular weight excluding hydrogens is 255 g/mol. The van der Waals surface area contributed by atoms with Crippen LogP contribution in [-0.2, 0) is 13.1 Å². The van der Waals surface area contributed by atoms with Gasteiger partial charge in [0.1, 0.15) is 0 Å². The summed E-state index contributed by atoms with van der Waals surface area (Å²) in [5.41, 5.74) is 0.385. The lowest BCUT2D eigenvalue weighted by Crippen LogP contribution is -2.17. The van der Waals surface area contributed by atoms with Crippen molar-refractivity contribution in [1.82, 2.24) is 15.1 Å². The Hall–Kier alpha value is -1.82. The molecule has 102 valence electrons. The smallest absolute Gasteiger partial charge is 0.194 e. The third-order valence-electron chi connectivity index (χ3n) is 2.67. The molecule has 0 aliphatic carbocycles. The number of hydrogen-bond donors (Lipinski definition) is 1. The summed E-state index contributed by atoms with van der Waals surface area (Å²) in [6.07, 6.45) is 4.41. The van der Waals surface area contributed by atoms with E-state index in [2.05, 4.69) is 10.4 Å². The van der Waals surface area contributed by atoms with Gasteiger partial charge in [0.25, 0.3) is 0 Å². The standard InChI is InChI=1S/C13H14F3N3/c14-11-7-10(8-12(15)13(11)16)9-17-3-1-5-19-6-2-4-18-19/h2,4,6-8,17H,1,3,5,9H2. The molecule has 1 aromatic carbocycles. The highest BCUT2D eigenvalue weighted by atomic mass is 19.2. The van der Waals surface area contributed by atoms with Gasteiger partial charge in [0.05, 0.1) is 0 Å². The minimum atomic E-state index is -1.43. The van der Waals surface area contributed by atoms with E-state index in [-0.39, 0.29) is 0 Å². The van der Waals surface area contributed by atoms with Crippen LogP contribution in [0.2, 0.25) is 0 Å². The largest absolute Gasteiger partial charge is 0.313 e. The fourth-order valence-electron chi connectivity index (χ4n) is 1.74. The summed E-state index contributed by atoms with van der Waals surface area (Å²) in [4.78, 5) is 0. The van der Waals surface area contributed by atoms with E-state index in [9.17, 15) is 13.2 Å². The number of hydrogen-bond acceptors (Lipinski definition) is 2. The fourth-order valence-corrected chi connectivity index (χ4v) is 1.74. The van der Waals surface area contributed by atoms with Crippen molar-refractivity contribution >= 4 is 0 Å². The average molecular weight is 269 g/mol. The highest BCUT2D eigenvalue weighted by Crippen LogP contribution is 2.13. The van der Waals surface area contributed by atoms with Gasteiger partial charge in [-0.15, -0.1) is 0 Å². The Labute approximate surface area is 109 Å². The summed E-state index contributed by atoms with van der Waals surface area (Å²) in [5.74, 6) is -3.75. The SMILES string of the molecule is Fc1cc(CNCCCn2cccn2)cc(F)c1F. The number of aromatic nitrogens is 2. The van der Waals surface area contributed by atoms with Crippen LogP contribution in [0.15, 0.2) is 30.6 Å². The van der Waals surface area contributed by atoms with Crippen molar-refractivity contribution < 1.29 is 13.2 Å². The molecule has 19 heavy (non-hydrogen) atoms. The van der Waals surface area contributed by atoms with E-state index in [0.717, 1.165) is 25.1 Å². The number of nitrogens with one attached hydrogen (secondary N) is 1. The van der Waals surface area contributed by atoms with Gasteiger partial charge in [0.15, 0.2) is 17.5 Å². The Bertz CT molecular complexity index is 503. The predicted molar refractivity (Wildman–Crippen MR) is 64.9 cm³/mol. The molecule has 6 heteroatoms. The first-order valence-corrected chi connectivity index (χ1v) is 5.98. The van der Waals surface area contributed by atoms with Gasteiger partial charge in [0, 0.05) is 25.5 Å². The van der Waals surface area contributed by atoms with Crippen molar-refractivity contribution in [2.75, 3.05) is 6.54 Å². The molecule has 0 radical (unpaired) electrons. The summed E-state index contributed by atoms with van der Waals surface area (Å²) in [7, 11) is 0. The van der Waals surface area contributed by atoms with Gasteiger partial charge in [0.2, 0.25) is 0 Å². The van der Waals surface area contributed by atoms with Gasteiger partial charge in [-0.3, -0.25) is 4.68 Å². The van der Waals surface area contributed by atoms with Crippen molar-refractivity contribution in [3.8, 4) is 0 Å². The monoisotopic (exact) mass is 269 g/mol. The van der Waals surface area contributed by atoms with Gasteiger partial charge >= 0.3 is 0 Å². The van der Waals surface area contributed by atoms with Crippen LogP contribution in [0.4, 0.5) is 13.2 Å². The molecule has 0 aliphatic rings. The number of benzene rings is 1. The fraction of sp³-hybridized carbons (Fsp3) is 0.308. The summed E-state index contributed by atoms with van der Waals surface area (Å²) >= 11 is 0. The molecule has 0 bridgehead atoms. The van der Waals surface area contributed by atoms with Gasteiger partial charge in [-0.1, -0.05) is 0 Å². The van der Waals surface area contributed by atoms with E-state index in [1.807, 2.05) is 12.3 Å². The van der Waals surface area contributed by atoms with E-state index in [4.69, 9.17) is 0 Å². The van der Waals surface area contributed by atoms with Crippen LogP contribution < -0.4 is 5.32 Å². The highest BCUT2D eigenvalue weighted by Gasteiger charge is 2.09. The predicted octanol–water partition coefficient (Wildman–Crippen LogP) is 2.48. The van der Waals surface area contributed by atoms with E-state index >= 15 is 0 Å². The van der Waals surface area contributed by atoms with E-state index < -0.39 is 17.5 Å². The molecule has 2 rings (SSSR count). The lowest BCUT2D eigenvalue weighted by Gasteiger charge is -2.06. The van der Waals surface area contributed by atoms with E-state index in [1.54, 1.807) is 10.9 Å². The van der Waals surface area contributed by atoms with Crippen LogP contribution in [0.1, 0.15) is 12.0 Å². The Morgan fingerprint density at radius 2 is 1.89 bits per heavy atom. The quantitative estimate of drug-likeness (QED) is 0.645. The molecule has 0 spiro atoms. The molecule has 1 N–H and O–H groups in total. The van der Waals surface area contributed by atoms with Crippen molar-refractivity contribution in [2.45, 2.75) is 19.5 Å². The minimum Gasteiger partial charge on any atom is -0.313 e. The number of halogens is 3. The van der Waals surface area contributed by atoms with Gasteiger partial charge in [-0.05, 0) is 36.7 Å². The van der Waals surface area contributed by atoms with Crippen LogP contribution in [0.25, 0.3) is 0 Å². The first-order chi connectivity index (χ1) is 9.16. The maximum atomic E-state index is 12.9. The Morgan fingerprint density at radius 1 is 1.16 bits per heavy atom. The first-order valence-electron chi connectivity index (χ1n) is 5.98. The molecule has 0 amide bonds. The van der Waals surface area contributed by atoms with Crippen LogP contribution in [0, 0.1) is 17.5 Å². The topological polar surface area (TPSA) is 29.9 Å². The number of aryl methyl sites for hydroxylation is 1. The Kier molecular flexibility index (Phi) is 4.57. The zero-order chi connectivity index (χ0) is 13.7. The van der Waals surface area contributed by atoms with Crippen LogP contribution in [0.5, 0.6) is 0 Å². The molecule has 0 fully saturated rings. The zero-order valence-corrected chi connectivity index (χ0v) is 10.2. The molecule has 0 saturated heterocycles. The Morgan fingerprint density at radius 3 is 2.53 bits per heavy atom. The third kappa shape index (κ3) is 3.82. The maximum absolute atomic E-state index is 12.9. The number of rotatable bonds is 6. The third-order valence-corrected chi connectivity index (χ3v) is 2.67. The summed E-state index contributed by atoms with van der Waals surface area (Å²) in [5, 5.41) is 7.09. The number of nitrogens with zero attached hydrogens (tertiary/aromatic N) is 2. The maximum Gasteiger partial charge on any atom is 0.194 e. The zero-order valence-electron chi connectivity index (χ0n) is 10.2. The van der Waals surface area contributed by atoms with Crippen molar-refractivity contribution in [2.24, 2.45) is 0 Å². The Balaban J connectivity index is 1.74. The van der Waals surface area contributed by atoms with Crippen molar-refractivity contribution in [3.05, 3.63) is 53.6 Å². The van der Waals surface area contributed by atoms with Gasteiger partial charge < -0.3 is 5.32 Å². The molecule has 0 atom stereocenters. The normalized spacial score (nSPS) is 10.9. The van der Waals surface area contributed by atoms with Gasteiger partial charge in [-0.2, -0.15) is 5.10 Å². The second kappa shape index (κ2) is 6.38. The van der Waals surface area contributed by atoms with Gasteiger partial charge in [-0.25, -0.2) is 13.2 Å². The summed E-state index contributed by atoms with van der Waals surface area (Å²) in [6.45, 7) is 1.75. The first kappa shape index (κ1) is 13.6. The van der Waals surface area contributed by atoms with Crippen molar-refractivity contribution in [3.63, 3.8) is 0 Å². The molecule has 1 aromatic heterocycles. The summed E-state index contributed by atoms with van der Waals surface area (Å²) < 4.78 is 40.4. The van der Waals surface area contributed by atoms with Crippen LogP contribution in [-0.4, -0.2) is 16.3 Å². The lowest BCUT2D eigenvalue weighted by molar-refractivity contribution is 0.444. The van der Waals surface area contributed by atoms with Crippen LogP contribution >= 0.6 is 0 Å². The molecule has 1 heterocycles. The second-order valence-electron chi connectivity index (χ2n) is 4.17. The summed E-state index contributed by atoms with van der Waals surface area (Å²) in [6, 6.07) is 3.84. The molecule has 0 aliphatic heterocycles. The van der Waals surface area contributed by atoms with E-state index in [0.29, 0.717) is 18.7 Å². The molecule has 2 aromatic rings. The van der Waals surface area contributed by atoms with Crippen molar-refractivity contribution in [1.29, 1.82) is 0 Å². The lowest BCUT2D eigenvalue weighted by atomic mass is 10.2. The second-order valence-corrected chi connectivity index (χ2v) is 4.17. The highest BCUT2D eigenvalue weighted by molar-refractivity contribution is 5.19. The molecule has 3 nitrogen and oxygen atoms in total. The molecule has 0 unspecified atom stereocenters.